The molecule has 0 saturated heterocycles. The zero-order chi connectivity index (χ0) is 11.3. The minimum absolute atomic E-state index is 0.00287. The molecule has 0 aromatic carbocycles. The standard InChI is InChI=1S/C8H12N2O4S/c11-5-7(6-12)10-15(13,14)8-2-1-3-9-4-8/h1-4,7,10-12H,5-6H2. The molecule has 0 aliphatic heterocycles. The van der Waals surface area contributed by atoms with E-state index in [1.165, 1.54) is 24.5 Å². The average Bonchev–Trinajstić information content (AvgIpc) is 2.27. The van der Waals surface area contributed by atoms with Crippen LogP contribution < -0.4 is 4.72 Å². The van der Waals surface area contributed by atoms with Crippen molar-refractivity contribution in [1.82, 2.24) is 9.71 Å². The van der Waals surface area contributed by atoms with E-state index in [0.717, 1.165) is 0 Å². The highest BCUT2D eigenvalue weighted by Crippen LogP contribution is 2.05. The lowest BCUT2D eigenvalue weighted by molar-refractivity contribution is 0.185. The van der Waals surface area contributed by atoms with E-state index >= 15 is 0 Å². The van der Waals surface area contributed by atoms with Crippen LogP contribution in [0.5, 0.6) is 0 Å². The summed E-state index contributed by atoms with van der Waals surface area (Å²) in [6.45, 7) is -0.925. The van der Waals surface area contributed by atoms with Crippen molar-refractivity contribution >= 4 is 10.0 Å². The molecule has 0 spiro atoms. The molecule has 0 fully saturated rings. The van der Waals surface area contributed by atoms with Crippen LogP contribution in [0.1, 0.15) is 0 Å². The molecule has 6 nitrogen and oxygen atoms in total. The minimum atomic E-state index is -3.72. The van der Waals surface area contributed by atoms with E-state index in [1.807, 2.05) is 0 Å². The van der Waals surface area contributed by atoms with Gasteiger partial charge in [0.1, 0.15) is 4.90 Å². The average molecular weight is 232 g/mol. The summed E-state index contributed by atoms with van der Waals surface area (Å²) in [5, 5.41) is 17.5. The second-order valence-corrected chi connectivity index (χ2v) is 4.59. The lowest BCUT2D eigenvalue weighted by atomic mass is 10.4. The van der Waals surface area contributed by atoms with Gasteiger partial charge in [-0.3, -0.25) is 4.98 Å². The van der Waals surface area contributed by atoms with Gasteiger partial charge in [-0.2, -0.15) is 0 Å². The number of rotatable bonds is 5. The number of nitrogens with one attached hydrogen (secondary N) is 1. The van der Waals surface area contributed by atoms with Crippen LogP contribution >= 0.6 is 0 Å². The van der Waals surface area contributed by atoms with Gasteiger partial charge in [-0.05, 0) is 12.1 Å². The van der Waals surface area contributed by atoms with E-state index in [2.05, 4.69) is 9.71 Å². The largest absolute Gasteiger partial charge is 0.395 e. The molecule has 1 aromatic rings. The Morgan fingerprint density at radius 3 is 2.53 bits per heavy atom. The highest BCUT2D eigenvalue weighted by atomic mass is 32.2. The maximum absolute atomic E-state index is 11.6. The third kappa shape index (κ3) is 3.24. The molecule has 15 heavy (non-hydrogen) atoms. The molecule has 0 aliphatic rings. The quantitative estimate of drug-likeness (QED) is 0.587. The fourth-order valence-electron chi connectivity index (χ4n) is 0.926. The van der Waals surface area contributed by atoms with E-state index in [1.54, 1.807) is 0 Å². The van der Waals surface area contributed by atoms with E-state index < -0.39 is 29.3 Å². The van der Waals surface area contributed by atoms with Gasteiger partial charge in [0.15, 0.2) is 0 Å². The third-order valence-corrected chi connectivity index (χ3v) is 3.21. The lowest BCUT2D eigenvalue weighted by Gasteiger charge is -2.13. The molecule has 0 unspecified atom stereocenters. The minimum Gasteiger partial charge on any atom is -0.395 e. The van der Waals surface area contributed by atoms with Crippen molar-refractivity contribution in [3.8, 4) is 0 Å². The zero-order valence-electron chi connectivity index (χ0n) is 7.87. The van der Waals surface area contributed by atoms with Crippen molar-refractivity contribution in [1.29, 1.82) is 0 Å². The van der Waals surface area contributed by atoms with Gasteiger partial charge in [-0.25, -0.2) is 13.1 Å². The molecule has 1 rings (SSSR count). The molecule has 0 bridgehead atoms. The summed E-state index contributed by atoms with van der Waals surface area (Å²) < 4.78 is 25.3. The molecule has 1 aromatic heterocycles. The molecule has 0 saturated carbocycles. The summed E-state index contributed by atoms with van der Waals surface area (Å²) in [7, 11) is -3.72. The highest BCUT2D eigenvalue weighted by molar-refractivity contribution is 7.89. The van der Waals surface area contributed by atoms with Gasteiger partial charge >= 0.3 is 0 Å². The van der Waals surface area contributed by atoms with E-state index in [4.69, 9.17) is 10.2 Å². The first-order chi connectivity index (χ1) is 7.10. The summed E-state index contributed by atoms with van der Waals surface area (Å²) in [4.78, 5) is 3.66. The Hall–Kier alpha value is -1.02. The molecular weight excluding hydrogens is 220 g/mol. The van der Waals surface area contributed by atoms with Crippen LogP contribution in [-0.4, -0.2) is 42.9 Å². The summed E-state index contributed by atoms with van der Waals surface area (Å²) in [5.74, 6) is 0. The fourth-order valence-corrected chi connectivity index (χ4v) is 2.11. The second-order valence-electron chi connectivity index (χ2n) is 2.87. The predicted molar refractivity (Wildman–Crippen MR) is 52.5 cm³/mol. The van der Waals surface area contributed by atoms with Crippen LogP contribution in [0.15, 0.2) is 29.4 Å². The first kappa shape index (κ1) is 12.1. The van der Waals surface area contributed by atoms with Gasteiger partial charge in [0.05, 0.1) is 19.3 Å². The smallest absolute Gasteiger partial charge is 0.242 e. The first-order valence-electron chi connectivity index (χ1n) is 4.24. The molecular formula is C8H12N2O4S. The number of hydrogen-bond donors (Lipinski definition) is 3. The normalized spacial score (nSPS) is 11.9. The van der Waals surface area contributed by atoms with Gasteiger partial charge in [0.25, 0.3) is 0 Å². The van der Waals surface area contributed by atoms with Gasteiger partial charge in [-0.1, -0.05) is 0 Å². The highest BCUT2D eigenvalue weighted by Gasteiger charge is 2.18. The third-order valence-electron chi connectivity index (χ3n) is 1.71. The number of aliphatic hydroxyl groups is 2. The van der Waals surface area contributed by atoms with Crippen molar-refractivity contribution in [2.45, 2.75) is 10.9 Å². The summed E-state index contributed by atoms with van der Waals surface area (Å²) in [6, 6.07) is 1.97. The predicted octanol–water partition coefficient (Wildman–Crippen LogP) is -1.29. The van der Waals surface area contributed by atoms with Crippen molar-refractivity contribution in [3.05, 3.63) is 24.5 Å². The fraction of sp³-hybridized carbons (Fsp3) is 0.375. The van der Waals surface area contributed by atoms with Gasteiger partial charge in [0.2, 0.25) is 10.0 Å². The number of sulfonamides is 1. The molecule has 7 heteroatoms. The number of nitrogens with zero attached hydrogens (tertiary/aromatic N) is 1. The number of aliphatic hydroxyl groups excluding tert-OH is 2. The summed E-state index contributed by atoms with van der Waals surface area (Å²) in [5.41, 5.74) is 0. The number of hydrogen-bond acceptors (Lipinski definition) is 5. The molecule has 1 heterocycles. The van der Waals surface area contributed by atoms with Gasteiger partial charge in [0, 0.05) is 12.4 Å². The van der Waals surface area contributed by atoms with Crippen LogP contribution in [0.3, 0.4) is 0 Å². The van der Waals surface area contributed by atoms with Crippen LogP contribution in [0.25, 0.3) is 0 Å². The Kier molecular flexibility index (Phi) is 4.15. The van der Waals surface area contributed by atoms with Gasteiger partial charge < -0.3 is 10.2 Å². The molecule has 0 amide bonds. The molecule has 0 atom stereocenters. The van der Waals surface area contributed by atoms with Crippen molar-refractivity contribution < 1.29 is 18.6 Å². The van der Waals surface area contributed by atoms with Crippen LogP contribution in [0.2, 0.25) is 0 Å². The lowest BCUT2D eigenvalue weighted by Crippen LogP contribution is -2.40. The first-order valence-corrected chi connectivity index (χ1v) is 5.72. The van der Waals surface area contributed by atoms with Crippen LogP contribution in [0, 0.1) is 0 Å². The summed E-state index contributed by atoms with van der Waals surface area (Å²) >= 11 is 0. The zero-order valence-corrected chi connectivity index (χ0v) is 8.68. The maximum Gasteiger partial charge on any atom is 0.242 e. The Morgan fingerprint density at radius 2 is 2.07 bits per heavy atom. The maximum atomic E-state index is 11.6. The van der Waals surface area contributed by atoms with Crippen LogP contribution in [0.4, 0.5) is 0 Å². The number of pyridine rings is 1. The van der Waals surface area contributed by atoms with Crippen molar-refractivity contribution in [2.24, 2.45) is 0 Å². The van der Waals surface area contributed by atoms with Crippen molar-refractivity contribution in [2.75, 3.05) is 13.2 Å². The Balaban J connectivity index is 2.85. The number of aromatic nitrogens is 1. The monoisotopic (exact) mass is 232 g/mol. The van der Waals surface area contributed by atoms with Gasteiger partial charge in [-0.15, -0.1) is 0 Å². The molecule has 3 N–H and O–H groups in total. The molecule has 84 valence electrons. The van der Waals surface area contributed by atoms with E-state index in [-0.39, 0.29) is 4.90 Å². The Bertz CT molecular complexity index is 388. The Labute approximate surface area is 87.6 Å². The SMILES string of the molecule is O=S(=O)(NC(CO)CO)c1cccnc1. The molecule has 0 aliphatic carbocycles. The van der Waals surface area contributed by atoms with E-state index in [9.17, 15) is 8.42 Å². The Morgan fingerprint density at radius 1 is 1.40 bits per heavy atom. The molecule has 0 radical (unpaired) electrons. The van der Waals surface area contributed by atoms with Crippen LogP contribution in [-0.2, 0) is 10.0 Å². The van der Waals surface area contributed by atoms with Crippen molar-refractivity contribution in [3.63, 3.8) is 0 Å². The van der Waals surface area contributed by atoms with E-state index in [0.29, 0.717) is 0 Å². The topological polar surface area (TPSA) is 99.5 Å². The second kappa shape index (κ2) is 5.17. The summed E-state index contributed by atoms with van der Waals surface area (Å²) in [6.07, 6.45) is 2.64.